The molecule has 0 aliphatic carbocycles. The normalized spacial score (nSPS) is 10.8. The van der Waals surface area contributed by atoms with Crippen LogP contribution < -0.4 is 10.6 Å². The third kappa shape index (κ3) is 6.06. The second kappa shape index (κ2) is 10.9. The van der Waals surface area contributed by atoms with Gasteiger partial charge in [0.25, 0.3) is 5.91 Å². The molecule has 0 saturated heterocycles. The van der Waals surface area contributed by atoms with Crippen LogP contribution in [-0.2, 0) is 4.79 Å². The Bertz CT molecular complexity index is 1410. The highest BCUT2D eigenvalue weighted by Crippen LogP contribution is 2.24. The highest BCUT2D eigenvalue weighted by atomic mass is 35.5. The number of hydrogen-bond donors (Lipinski definition) is 3. The quantitative estimate of drug-likeness (QED) is 0.239. The van der Waals surface area contributed by atoms with Crippen molar-refractivity contribution in [2.45, 2.75) is 0 Å². The molecule has 8 heteroatoms. The van der Waals surface area contributed by atoms with Crippen molar-refractivity contribution in [3.05, 3.63) is 112 Å². The average Bonchev–Trinajstić information content (AvgIpc) is 3.29. The molecule has 2 amide bonds. The van der Waals surface area contributed by atoms with Gasteiger partial charge in [-0.05, 0) is 66.7 Å². The second-order valence-electron chi connectivity index (χ2n) is 7.44. The first kappa shape index (κ1) is 24.0. The first-order valence-electron chi connectivity index (χ1n) is 10.6. The number of carbonyl (C=O) groups excluding carboxylic acids is 2. The smallest absolute Gasteiger partial charge is 0.255 e. The molecule has 0 atom stereocenters. The topological polar surface area (TPSA) is 86.9 Å². The molecule has 0 unspecified atom stereocenters. The number of nitrogens with one attached hydrogen (secondary N) is 3. The summed E-state index contributed by atoms with van der Waals surface area (Å²) in [4.78, 5) is 32.4. The number of anilines is 2. The number of imidazole rings is 1. The van der Waals surface area contributed by atoms with E-state index in [1.165, 1.54) is 12.1 Å². The van der Waals surface area contributed by atoms with Crippen LogP contribution in [0.2, 0.25) is 10.0 Å². The van der Waals surface area contributed by atoms with Crippen molar-refractivity contribution < 1.29 is 9.59 Å². The Kier molecular flexibility index (Phi) is 7.45. The maximum Gasteiger partial charge on any atom is 0.255 e. The molecule has 0 radical (unpaired) electrons. The summed E-state index contributed by atoms with van der Waals surface area (Å²) >= 11 is 11.9. The van der Waals surface area contributed by atoms with Crippen molar-refractivity contribution >= 4 is 58.5 Å². The van der Waals surface area contributed by atoms with Crippen LogP contribution >= 0.6 is 23.2 Å². The number of aromatic amines is 1. The SMILES string of the molecule is C=Cc1nc(-c2ccc(NC(=O)c3ccc(Cl)c(Cl)c3)cc2)[nH]c1/C=C/C(=O)Nc1ccccc1. The van der Waals surface area contributed by atoms with Gasteiger partial charge in [0.2, 0.25) is 5.91 Å². The molecule has 1 heterocycles. The number of para-hydroxylation sites is 1. The molecule has 4 aromatic rings. The molecule has 35 heavy (non-hydrogen) atoms. The number of carbonyl (C=O) groups is 2. The summed E-state index contributed by atoms with van der Waals surface area (Å²) in [6, 6.07) is 21.1. The molecule has 1 aromatic heterocycles. The van der Waals surface area contributed by atoms with Crippen LogP contribution in [0.5, 0.6) is 0 Å². The molecule has 0 fully saturated rings. The van der Waals surface area contributed by atoms with E-state index in [1.54, 1.807) is 36.4 Å². The van der Waals surface area contributed by atoms with Crippen LogP contribution in [0.4, 0.5) is 11.4 Å². The standard InChI is InChI=1S/C27H20Cl2N4O2/c1-2-23-24(14-15-25(34)30-19-6-4-3-5-7-19)33-26(32-23)17-8-11-20(12-9-17)31-27(35)18-10-13-21(28)22(29)16-18/h2-16H,1H2,(H,30,34)(H,31,35)(H,32,33)/b15-14+. The minimum absolute atomic E-state index is 0.260. The minimum atomic E-state index is -0.301. The number of hydrogen-bond acceptors (Lipinski definition) is 3. The number of aromatic nitrogens is 2. The van der Waals surface area contributed by atoms with E-state index in [1.807, 2.05) is 42.5 Å². The molecule has 0 spiro atoms. The maximum atomic E-state index is 12.5. The van der Waals surface area contributed by atoms with Crippen molar-refractivity contribution in [1.82, 2.24) is 9.97 Å². The van der Waals surface area contributed by atoms with Gasteiger partial charge in [0.1, 0.15) is 5.82 Å². The van der Waals surface area contributed by atoms with Gasteiger partial charge in [-0.3, -0.25) is 9.59 Å². The minimum Gasteiger partial charge on any atom is -0.338 e. The van der Waals surface area contributed by atoms with Crippen LogP contribution in [0.1, 0.15) is 21.7 Å². The molecule has 0 bridgehead atoms. The zero-order chi connectivity index (χ0) is 24.8. The second-order valence-corrected chi connectivity index (χ2v) is 8.25. The van der Waals surface area contributed by atoms with Gasteiger partial charge in [-0.2, -0.15) is 0 Å². The van der Waals surface area contributed by atoms with Gasteiger partial charge in [0.05, 0.1) is 21.4 Å². The van der Waals surface area contributed by atoms with Crippen LogP contribution in [0.15, 0.2) is 85.5 Å². The Balaban J connectivity index is 1.45. The van der Waals surface area contributed by atoms with E-state index in [4.69, 9.17) is 23.2 Å². The van der Waals surface area contributed by atoms with Crippen molar-refractivity contribution in [1.29, 1.82) is 0 Å². The third-order valence-electron chi connectivity index (χ3n) is 5.00. The van der Waals surface area contributed by atoms with Crippen molar-refractivity contribution in [2.24, 2.45) is 0 Å². The molecule has 3 aromatic carbocycles. The van der Waals surface area contributed by atoms with Crippen molar-refractivity contribution in [3.63, 3.8) is 0 Å². The Morgan fingerprint density at radius 1 is 0.886 bits per heavy atom. The highest BCUT2D eigenvalue weighted by Gasteiger charge is 2.11. The lowest BCUT2D eigenvalue weighted by Gasteiger charge is -2.07. The molecule has 6 nitrogen and oxygen atoms in total. The van der Waals surface area contributed by atoms with Crippen molar-refractivity contribution in [2.75, 3.05) is 10.6 Å². The number of benzene rings is 3. The van der Waals surface area contributed by atoms with Gasteiger partial charge < -0.3 is 15.6 Å². The Morgan fingerprint density at radius 2 is 1.60 bits per heavy atom. The van der Waals surface area contributed by atoms with Crippen molar-refractivity contribution in [3.8, 4) is 11.4 Å². The summed E-state index contributed by atoms with van der Waals surface area (Å²) in [6.45, 7) is 3.80. The van der Waals surface area contributed by atoms with Gasteiger partial charge in [-0.15, -0.1) is 0 Å². The van der Waals surface area contributed by atoms with Crippen LogP contribution in [0, 0.1) is 0 Å². The predicted molar refractivity (Wildman–Crippen MR) is 143 cm³/mol. The van der Waals surface area contributed by atoms with Gasteiger partial charge in [-0.25, -0.2) is 4.98 Å². The van der Waals surface area contributed by atoms with Gasteiger partial charge >= 0.3 is 0 Å². The van der Waals surface area contributed by atoms with E-state index < -0.39 is 0 Å². The van der Waals surface area contributed by atoms with E-state index in [9.17, 15) is 9.59 Å². The van der Waals surface area contributed by atoms with E-state index in [2.05, 4.69) is 27.2 Å². The molecule has 4 rings (SSSR count). The molecule has 3 N–H and O–H groups in total. The van der Waals surface area contributed by atoms with E-state index in [-0.39, 0.29) is 11.8 Å². The molecule has 0 saturated carbocycles. The Labute approximate surface area is 212 Å². The Hall–Kier alpha value is -4.13. The fourth-order valence-corrected chi connectivity index (χ4v) is 3.53. The lowest BCUT2D eigenvalue weighted by atomic mass is 10.1. The van der Waals surface area contributed by atoms with E-state index >= 15 is 0 Å². The first-order valence-corrected chi connectivity index (χ1v) is 11.3. The van der Waals surface area contributed by atoms with Gasteiger partial charge in [0, 0.05) is 28.6 Å². The zero-order valence-corrected chi connectivity index (χ0v) is 19.9. The monoisotopic (exact) mass is 502 g/mol. The number of rotatable bonds is 7. The van der Waals surface area contributed by atoms with Crippen LogP contribution in [0.25, 0.3) is 23.5 Å². The Morgan fingerprint density at radius 3 is 2.29 bits per heavy atom. The van der Waals surface area contributed by atoms with E-state index in [0.29, 0.717) is 44.2 Å². The molecule has 0 aliphatic rings. The molecular formula is C27H20Cl2N4O2. The predicted octanol–water partition coefficient (Wildman–Crippen LogP) is 6.93. The third-order valence-corrected chi connectivity index (χ3v) is 5.73. The fraction of sp³-hybridized carbons (Fsp3) is 0. The largest absolute Gasteiger partial charge is 0.338 e. The van der Waals surface area contributed by atoms with Gasteiger partial charge in [0.15, 0.2) is 0 Å². The maximum absolute atomic E-state index is 12.5. The lowest BCUT2D eigenvalue weighted by molar-refractivity contribution is -0.111. The lowest BCUT2D eigenvalue weighted by Crippen LogP contribution is -2.11. The summed E-state index contributed by atoms with van der Waals surface area (Å²) in [7, 11) is 0. The summed E-state index contributed by atoms with van der Waals surface area (Å²) in [5.74, 6) is 0.0410. The number of nitrogens with zero attached hydrogens (tertiary/aromatic N) is 1. The summed E-state index contributed by atoms with van der Waals surface area (Å²) in [5, 5.41) is 6.31. The molecule has 174 valence electrons. The zero-order valence-electron chi connectivity index (χ0n) is 18.4. The summed E-state index contributed by atoms with van der Waals surface area (Å²) in [5.41, 5.74) is 3.78. The van der Waals surface area contributed by atoms with Crippen LogP contribution in [0.3, 0.4) is 0 Å². The number of amides is 2. The summed E-state index contributed by atoms with van der Waals surface area (Å²) < 4.78 is 0. The number of H-pyrrole nitrogens is 1. The fourth-order valence-electron chi connectivity index (χ4n) is 3.24. The molecule has 0 aliphatic heterocycles. The first-order chi connectivity index (χ1) is 16.9. The molecular weight excluding hydrogens is 483 g/mol. The van der Waals surface area contributed by atoms with Gasteiger partial charge in [-0.1, -0.05) is 48.0 Å². The number of halogens is 2. The highest BCUT2D eigenvalue weighted by molar-refractivity contribution is 6.42. The average molecular weight is 503 g/mol. The summed E-state index contributed by atoms with van der Waals surface area (Å²) in [6.07, 6.45) is 4.69. The van der Waals surface area contributed by atoms with E-state index in [0.717, 1.165) is 5.56 Å². The van der Waals surface area contributed by atoms with Crippen LogP contribution in [-0.4, -0.2) is 21.8 Å².